The first kappa shape index (κ1) is 16.6. The van der Waals surface area contributed by atoms with Crippen LogP contribution in [0.2, 0.25) is 0 Å². The number of para-hydroxylation sites is 1. The highest BCUT2D eigenvalue weighted by Crippen LogP contribution is 2.35. The minimum absolute atomic E-state index is 0.0861. The summed E-state index contributed by atoms with van der Waals surface area (Å²) >= 11 is 0. The van der Waals surface area contributed by atoms with Crippen molar-refractivity contribution in [1.82, 2.24) is 24.6 Å². The molecule has 1 aliphatic heterocycles. The third kappa shape index (κ3) is 3.16. The Morgan fingerprint density at radius 3 is 2.81 bits per heavy atom. The number of hydrogen-bond acceptors (Lipinski definition) is 6. The third-order valence-electron chi connectivity index (χ3n) is 5.60. The van der Waals surface area contributed by atoms with Gasteiger partial charge in [-0.2, -0.15) is 4.98 Å². The van der Waals surface area contributed by atoms with Crippen molar-refractivity contribution in [3.05, 3.63) is 52.2 Å². The summed E-state index contributed by atoms with van der Waals surface area (Å²) in [7, 11) is 0. The van der Waals surface area contributed by atoms with E-state index in [0.717, 1.165) is 37.3 Å². The fourth-order valence-electron chi connectivity index (χ4n) is 4.06. The topological polar surface area (TPSA) is 77.0 Å². The average molecular weight is 365 g/mol. The Morgan fingerprint density at radius 2 is 2.04 bits per heavy atom. The van der Waals surface area contributed by atoms with Crippen molar-refractivity contribution in [3.63, 3.8) is 0 Å². The van der Waals surface area contributed by atoms with E-state index in [9.17, 15) is 4.79 Å². The quantitative estimate of drug-likeness (QED) is 0.692. The lowest BCUT2D eigenvalue weighted by molar-refractivity contribution is 0.201. The van der Waals surface area contributed by atoms with E-state index in [1.165, 1.54) is 12.8 Å². The van der Waals surface area contributed by atoms with Crippen LogP contribution in [0.15, 0.2) is 33.6 Å². The van der Waals surface area contributed by atoms with Crippen LogP contribution >= 0.6 is 0 Å². The van der Waals surface area contributed by atoms with Crippen molar-refractivity contribution < 1.29 is 4.52 Å². The molecule has 1 aliphatic carbocycles. The molecule has 3 aromatic rings. The normalized spacial score (nSPS) is 20.6. The zero-order chi connectivity index (χ0) is 18.4. The Balaban J connectivity index is 1.56. The summed E-state index contributed by atoms with van der Waals surface area (Å²) in [4.78, 5) is 24.8. The van der Waals surface area contributed by atoms with E-state index in [2.05, 4.69) is 15.0 Å². The van der Waals surface area contributed by atoms with Crippen LogP contribution in [0, 0.1) is 12.8 Å². The highest BCUT2D eigenvalue weighted by atomic mass is 16.5. The lowest BCUT2D eigenvalue weighted by Gasteiger charge is -2.25. The van der Waals surface area contributed by atoms with E-state index in [0.29, 0.717) is 29.6 Å². The molecule has 3 heterocycles. The van der Waals surface area contributed by atoms with Gasteiger partial charge in [-0.3, -0.25) is 14.3 Å². The zero-order valence-corrected chi connectivity index (χ0v) is 15.5. The van der Waals surface area contributed by atoms with Crippen LogP contribution in [0.3, 0.4) is 0 Å². The molecular weight excluding hydrogens is 342 g/mol. The lowest BCUT2D eigenvalue weighted by Crippen LogP contribution is -2.32. The van der Waals surface area contributed by atoms with E-state index >= 15 is 0 Å². The molecule has 0 bridgehead atoms. The second kappa shape index (κ2) is 6.56. The Labute approximate surface area is 157 Å². The fraction of sp³-hybridized carbons (Fsp3) is 0.500. The third-order valence-corrected chi connectivity index (χ3v) is 5.60. The number of aryl methyl sites for hydroxylation is 1. The van der Waals surface area contributed by atoms with Gasteiger partial charge < -0.3 is 4.52 Å². The van der Waals surface area contributed by atoms with Gasteiger partial charge in [0.2, 0.25) is 5.89 Å². The SMILES string of the molecule is Cc1noc(CN2CCCC2c2nc3ccccc3c(=O)n2CC2CC2)n1. The largest absolute Gasteiger partial charge is 0.338 e. The molecular formula is C20H23N5O2. The van der Waals surface area contributed by atoms with Gasteiger partial charge in [0.25, 0.3) is 5.56 Å². The van der Waals surface area contributed by atoms with Crippen LogP contribution in [-0.2, 0) is 13.1 Å². The molecule has 0 N–H and O–H groups in total. The molecule has 2 aliphatic rings. The van der Waals surface area contributed by atoms with Crippen molar-refractivity contribution in [2.45, 2.75) is 51.7 Å². The lowest BCUT2D eigenvalue weighted by atomic mass is 10.1. The van der Waals surface area contributed by atoms with Gasteiger partial charge in [-0.15, -0.1) is 0 Å². The van der Waals surface area contributed by atoms with Gasteiger partial charge in [0.05, 0.1) is 23.5 Å². The van der Waals surface area contributed by atoms with Crippen molar-refractivity contribution in [2.75, 3.05) is 6.54 Å². The van der Waals surface area contributed by atoms with Crippen LogP contribution in [0.1, 0.15) is 49.3 Å². The molecule has 1 aromatic carbocycles. The van der Waals surface area contributed by atoms with Gasteiger partial charge in [0, 0.05) is 6.54 Å². The number of nitrogens with zero attached hydrogens (tertiary/aromatic N) is 5. The molecule has 1 saturated carbocycles. The maximum absolute atomic E-state index is 13.2. The maximum atomic E-state index is 13.2. The molecule has 7 heteroatoms. The maximum Gasteiger partial charge on any atom is 0.261 e. The zero-order valence-electron chi connectivity index (χ0n) is 15.5. The van der Waals surface area contributed by atoms with Gasteiger partial charge in [-0.25, -0.2) is 4.98 Å². The summed E-state index contributed by atoms with van der Waals surface area (Å²) in [5.74, 6) is 2.77. The van der Waals surface area contributed by atoms with Crippen molar-refractivity contribution >= 4 is 10.9 Å². The number of aromatic nitrogens is 4. The first-order valence-electron chi connectivity index (χ1n) is 9.72. The Hall–Kier alpha value is -2.54. The number of fused-ring (bicyclic) bond motifs is 1. The van der Waals surface area contributed by atoms with Gasteiger partial charge in [-0.05, 0) is 57.2 Å². The van der Waals surface area contributed by atoms with E-state index in [1.807, 2.05) is 35.8 Å². The second-order valence-corrected chi connectivity index (χ2v) is 7.71. The second-order valence-electron chi connectivity index (χ2n) is 7.71. The molecule has 2 aromatic heterocycles. The molecule has 140 valence electrons. The minimum atomic E-state index is 0.0861. The van der Waals surface area contributed by atoms with Crippen molar-refractivity contribution in [1.29, 1.82) is 0 Å². The predicted octanol–water partition coefficient (Wildman–Crippen LogP) is 2.84. The van der Waals surface area contributed by atoms with Crippen LogP contribution in [0.25, 0.3) is 10.9 Å². The predicted molar refractivity (Wildman–Crippen MR) is 100 cm³/mol. The van der Waals surface area contributed by atoms with E-state index in [1.54, 1.807) is 0 Å². The van der Waals surface area contributed by atoms with E-state index in [-0.39, 0.29) is 11.6 Å². The highest BCUT2D eigenvalue weighted by molar-refractivity contribution is 5.77. The number of likely N-dealkylation sites (tertiary alicyclic amines) is 1. The summed E-state index contributed by atoms with van der Waals surface area (Å²) < 4.78 is 7.25. The molecule has 27 heavy (non-hydrogen) atoms. The number of hydrogen-bond donors (Lipinski definition) is 0. The molecule has 0 radical (unpaired) electrons. The minimum Gasteiger partial charge on any atom is -0.338 e. The Morgan fingerprint density at radius 1 is 1.19 bits per heavy atom. The van der Waals surface area contributed by atoms with Crippen LogP contribution in [0.5, 0.6) is 0 Å². The Kier molecular flexibility index (Phi) is 4.04. The summed E-state index contributed by atoms with van der Waals surface area (Å²) in [5.41, 5.74) is 0.869. The smallest absolute Gasteiger partial charge is 0.261 e. The van der Waals surface area contributed by atoms with Gasteiger partial charge in [0.15, 0.2) is 5.82 Å². The fourth-order valence-corrected chi connectivity index (χ4v) is 4.06. The van der Waals surface area contributed by atoms with E-state index < -0.39 is 0 Å². The van der Waals surface area contributed by atoms with Crippen LogP contribution in [-0.4, -0.2) is 31.1 Å². The Bertz CT molecular complexity index is 1040. The molecule has 7 nitrogen and oxygen atoms in total. The van der Waals surface area contributed by atoms with Gasteiger partial charge in [-0.1, -0.05) is 17.3 Å². The molecule has 1 saturated heterocycles. The first-order valence-corrected chi connectivity index (χ1v) is 9.72. The van der Waals surface area contributed by atoms with Crippen LogP contribution < -0.4 is 5.56 Å². The molecule has 0 spiro atoms. The molecule has 5 rings (SSSR count). The van der Waals surface area contributed by atoms with Gasteiger partial charge >= 0.3 is 0 Å². The summed E-state index contributed by atoms with van der Waals surface area (Å²) in [6, 6.07) is 7.77. The van der Waals surface area contributed by atoms with Gasteiger partial charge in [0.1, 0.15) is 5.82 Å². The standard InChI is InChI=1S/C20H23N5O2/c1-13-21-18(27-23-13)12-24-10-4-7-17(24)19-22-16-6-3-2-5-15(16)20(26)25(19)11-14-8-9-14/h2-3,5-6,14,17H,4,7-12H2,1H3. The van der Waals surface area contributed by atoms with Crippen molar-refractivity contribution in [3.8, 4) is 0 Å². The van der Waals surface area contributed by atoms with Crippen molar-refractivity contribution in [2.24, 2.45) is 5.92 Å². The molecule has 0 amide bonds. The summed E-state index contributed by atoms with van der Waals surface area (Å²) in [5, 5.41) is 4.60. The average Bonchev–Trinajstić information content (AvgIpc) is 3.22. The van der Waals surface area contributed by atoms with Crippen LogP contribution in [0.4, 0.5) is 0 Å². The first-order chi connectivity index (χ1) is 13.2. The molecule has 1 atom stereocenters. The van der Waals surface area contributed by atoms with E-state index in [4.69, 9.17) is 9.51 Å². The number of rotatable bonds is 5. The monoisotopic (exact) mass is 365 g/mol. The summed E-state index contributed by atoms with van der Waals surface area (Å²) in [6.07, 6.45) is 4.47. The molecule has 2 fully saturated rings. The highest BCUT2D eigenvalue weighted by Gasteiger charge is 2.33. The molecule has 1 unspecified atom stereocenters. The summed E-state index contributed by atoms with van der Waals surface area (Å²) in [6.45, 7) is 4.14. The number of benzene rings is 1.